The van der Waals surface area contributed by atoms with Gasteiger partial charge in [0.15, 0.2) is 0 Å². The van der Waals surface area contributed by atoms with Crippen LogP contribution in [0.3, 0.4) is 0 Å². The first-order valence-corrected chi connectivity index (χ1v) is 12.8. The zero-order valence-corrected chi connectivity index (χ0v) is 22.3. The Morgan fingerprint density at radius 3 is 1.59 bits per heavy atom. The van der Waals surface area contributed by atoms with Crippen LogP contribution in [0.25, 0.3) is 0 Å². The number of esters is 2. The first kappa shape index (κ1) is 32.7. The number of carbonyl (C=O) groups is 3. The zero-order chi connectivity index (χ0) is 28.9. The summed E-state index contributed by atoms with van der Waals surface area (Å²) < 4.78 is 79.9. The van der Waals surface area contributed by atoms with Crippen molar-refractivity contribution in [3.63, 3.8) is 0 Å². The van der Waals surface area contributed by atoms with E-state index in [4.69, 9.17) is 35.3 Å². The minimum Gasteiger partial charge on any atom is -0.463 e. The number of alkyl halides is 4. The summed E-state index contributed by atoms with van der Waals surface area (Å²) in [7, 11) is 0. The van der Waals surface area contributed by atoms with E-state index in [1.165, 1.54) is 6.92 Å². The zero-order valence-electron chi connectivity index (χ0n) is 21.5. The summed E-state index contributed by atoms with van der Waals surface area (Å²) in [4.78, 5) is 35.5. The van der Waals surface area contributed by atoms with E-state index in [1.54, 1.807) is 0 Å². The largest absolute Gasteiger partial charge is 0.463 e. The molecule has 0 N–H and O–H groups in total. The fourth-order valence-electron chi connectivity index (χ4n) is 3.60. The Bertz CT molecular complexity index is 916. The predicted octanol–water partition coefficient (Wildman–Crippen LogP) is 4.65. The molecule has 39 heavy (non-hydrogen) atoms. The van der Waals surface area contributed by atoms with Crippen molar-refractivity contribution in [2.45, 2.75) is 82.3 Å². The first-order chi connectivity index (χ1) is 18.3. The second kappa shape index (κ2) is 15.3. The number of carbonyl (C=O) groups excluding carboxylic acids is 3. The quantitative estimate of drug-likeness (QED) is 0.108. The highest BCUT2D eigenvalue weighted by Crippen LogP contribution is 2.26. The molecule has 0 fully saturated rings. The maximum absolute atomic E-state index is 13.5. The van der Waals surface area contributed by atoms with E-state index in [-0.39, 0.29) is 45.5 Å². The standard InChI is InChI=1S/C26H31ClF4O8/c1-24(18-39-23(27)34,16-37-21(32)14-35-19-6-2-4-10-25(28,29)12-8-19)17-38-22(33)15-36-20-7-3-5-11-26(30,31)13-9-20/h19-20H,2-3,6-9,12-18H2,1H3. The van der Waals surface area contributed by atoms with Crippen molar-refractivity contribution in [3.8, 4) is 23.7 Å². The smallest absolute Gasteiger partial charge is 0.403 e. The lowest BCUT2D eigenvalue weighted by Gasteiger charge is -2.28. The SMILES string of the molecule is CC(COC(=O)Cl)(COC(=O)COC1CCC#CC(F)(F)CC1)COC(=O)COC1CCC#CC(F)(F)CC1. The summed E-state index contributed by atoms with van der Waals surface area (Å²) in [6.45, 7) is -0.609. The normalized spacial score (nSPS) is 23.4. The third kappa shape index (κ3) is 13.9. The van der Waals surface area contributed by atoms with Gasteiger partial charge < -0.3 is 23.7 Å². The molecule has 0 radical (unpaired) electrons. The van der Waals surface area contributed by atoms with Crippen LogP contribution in [0.5, 0.6) is 0 Å². The molecule has 0 spiro atoms. The average molecular weight is 583 g/mol. The molecule has 2 rings (SSSR count). The summed E-state index contributed by atoms with van der Waals surface area (Å²) >= 11 is 5.23. The Labute approximate surface area is 229 Å². The van der Waals surface area contributed by atoms with E-state index < -0.39 is 72.9 Å². The minimum absolute atomic E-state index is 0.0209. The maximum Gasteiger partial charge on any atom is 0.403 e. The molecule has 13 heteroatoms. The van der Waals surface area contributed by atoms with Crippen molar-refractivity contribution >= 4 is 29.0 Å². The van der Waals surface area contributed by atoms with E-state index in [9.17, 15) is 31.9 Å². The van der Waals surface area contributed by atoms with Crippen molar-refractivity contribution in [3.05, 3.63) is 0 Å². The molecule has 0 aliphatic heterocycles. The molecule has 0 saturated heterocycles. The van der Waals surface area contributed by atoms with Crippen molar-refractivity contribution < 1.29 is 55.6 Å². The van der Waals surface area contributed by atoms with Crippen LogP contribution in [0, 0.1) is 29.1 Å². The number of hydrogen-bond acceptors (Lipinski definition) is 8. The fraction of sp³-hybridized carbons (Fsp3) is 0.731. The minimum atomic E-state index is -3.11. The Balaban J connectivity index is 1.80. The lowest BCUT2D eigenvalue weighted by molar-refractivity contribution is -0.163. The topological polar surface area (TPSA) is 97.4 Å². The van der Waals surface area contributed by atoms with Crippen molar-refractivity contribution in [1.29, 1.82) is 0 Å². The fourth-order valence-corrected chi connectivity index (χ4v) is 3.66. The third-order valence-corrected chi connectivity index (χ3v) is 5.97. The van der Waals surface area contributed by atoms with Crippen LogP contribution in [0.1, 0.15) is 58.3 Å². The Morgan fingerprint density at radius 2 is 1.18 bits per heavy atom. The Hall–Kier alpha value is -2.54. The second-order valence-corrected chi connectivity index (χ2v) is 10.0. The van der Waals surface area contributed by atoms with Gasteiger partial charge in [0.1, 0.15) is 33.0 Å². The van der Waals surface area contributed by atoms with Crippen LogP contribution in [-0.2, 0) is 33.3 Å². The van der Waals surface area contributed by atoms with E-state index in [0.29, 0.717) is 12.8 Å². The number of ether oxygens (including phenoxy) is 5. The molecule has 0 amide bonds. The lowest BCUT2D eigenvalue weighted by Crippen LogP contribution is -2.37. The monoisotopic (exact) mass is 582 g/mol. The summed E-state index contributed by atoms with van der Waals surface area (Å²) in [6, 6.07) is 0. The van der Waals surface area contributed by atoms with Gasteiger partial charge in [0.25, 0.3) is 0 Å². The molecule has 218 valence electrons. The Morgan fingerprint density at radius 1 is 0.769 bits per heavy atom. The van der Waals surface area contributed by atoms with Crippen molar-refractivity contribution in [2.75, 3.05) is 33.0 Å². The molecule has 0 aromatic rings. The van der Waals surface area contributed by atoms with Gasteiger partial charge in [0.05, 0.1) is 17.6 Å². The molecule has 0 saturated carbocycles. The van der Waals surface area contributed by atoms with E-state index in [2.05, 4.69) is 11.8 Å². The summed E-state index contributed by atoms with van der Waals surface area (Å²) in [5.41, 5.74) is -2.33. The predicted molar refractivity (Wildman–Crippen MR) is 129 cm³/mol. The number of halogens is 5. The molecule has 2 unspecified atom stereocenters. The van der Waals surface area contributed by atoms with Crippen LogP contribution in [-0.4, -0.2) is 74.5 Å². The van der Waals surface area contributed by atoms with Crippen molar-refractivity contribution in [1.82, 2.24) is 0 Å². The van der Waals surface area contributed by atoms with Crippen LogP contribution in [0.2, 0.25) is 0 Å². The van der Waals surface area contributed by atoms with Gasteiger partial charge in [-0.2, -0.15) is 17.6 Å². The molecule has 2 aliphatic carbocycles. The number of rotatable bonds is 12. The second-order valence-electron chi connectivity index (χ2n) is 9.69. The van der Waals surface area contributed by atoms with Crippen LogP contribution < -0.4 is 0 Å². The van der Waals surface area contributed by atoms with Gasteiger partial charge in [-0.1, -0.05) is 11.8 Å². The van der Waals surface area contributed by atoms with E-state index in [0.717, 1.165) is 0 Å². The molecule has 0 heterocycles. The third-order valence-electron chi connectivity index (χ3n) is 5.86. The highest BCUT2D eigenvalue weighted by atomic mass is 35.5. The van der Waals surface area contributed by atoms with E-state index >= 15 is 0 Å². The highest BCUT2D eigenvalue weighted by Gasteiger charge is 2.33. The maximum atomic E-state index is 13.5. The van der Waals surface area contributed by atoms with Gasteiger partial charge in [-0.3, -0.25) is 0 Å². The molecule has 2 aliphatic rings. The molecule has 0 aromatic carbocycles. The first-order valence-electron chi connectivity index (χ1n) is 12.4. The molecule has 0 bridgehead atoms. The van der Waals surface area contributed by atoms with Crippen LogP contribution in [0.4, 0.5) is 22.4 Å². The Kier molecular flexibility index (Phi) is 12.8. The lowest BCUT2D eigenvalue weighted by atomic mass is 9.94. The van der Waals surface area contributed by atoms with Crippen molar-refractivity contribution in [2.24, 2.45) is 5.41 Å². The molecule has 0 aromatic heterocycles. The van der Waals surface area contributed by atoms with Gasteiger partial charge in [-0.05, 0) is 44.4 Å². The number of hydrogen-bond donors (Lipinski definition) is 0. The van der Waals surface area contributed by atoms with Crippen LogP contribution in [0.15, 0.2) is 0 Å². The molecule has 2 atom stereocenters. The van der Waals surface area contributed by atoms with Gasteiger partial charge in [-0.25, -0.2) is 14.4 Å². The summed E-state index contributed by atoms with van der Waals surface area (Å²) in [5, 5.41) is 0. The van der Waals surface area contributed by atoms with Crippen LogP contribution >= 0.6 is 11.6 Å². The summed E-state index contributed by atoms with van der Waals surface area (Å²) in [6.07, 6.45) is -0.961. The summed E-state index contributed by atoms with van der Waals surface area (Å²) in [5.74, 6) is 0.756. The molecular formula is C26H31ClF4O8. The van der Waals surface area contributed by atoms with Gasteiger partial charge in [0.2, 0.25) is 0 Å². The highest BCUT2D eigenvalue weighted by molar-refractivity contribution is 6.61. The van der Waals surface area contributed by atoms with E-state index in [1.807, 2.05) is 11.8 Å². The average Bonchev–Trinajstić information content (AvgIpc) is 2.85. The van der Waals surface area contributed by atoms with Gasteiger partial charge in [-0.15, -0.1) is 0 Å². The molecule has 8 nitrogen and oxygen atoms in total. The molecular weight excluding hydrogens is 552 g/mol. The van der Waals surface area contributed by atoms with Gasteiger partial charge in [0, 0.05) is 37.3 Å². The van der Waals surface area contributed by atoms with Gasteiger partial charge >= 0.3 is 29.2 Å².